The minimum absolute atomic E-state index is 0.589. The van der Waals surface area contributed by atoms with Crippen molar-refractivity contribution in [1.29, 1.82) is 0 Å². The molecule has 2 aromatic heterocycles. The lowest BCUT2D eigenvalue weighted by atomic mass is 10.3. The van der Waals surface area contributed by atoms with Crippen molar-refractivity contribution in [3.63, 3.8) is 0 Å². The molecular weight excluding hydrogens is 234 g/mol. The van der Waals surface area contributed by atoms with E-state index in [9.17, 15) is 0 Å². The smallest absolute Gasteiger partial charge is 0.166 e. The van der Waals surface area contributed by atoms with Crippen LogP contribution < -0.4 is 10.6 Å². The van der Waals surface area contributed by atoms with Gasteiger partial charge in [0.1, 0.15) is 5.76 Å². The second-order valence-corrected chi connectivity index (χ2v) is 3.89. The van der Waals surface area contributed by atoms with E-state index in [-0.39, 0.29) is 0 Å². The summed E-state index contributed by atoms with van der Waals surface area (Å²) in [5.41, 5.74) is 1.09. The van der Waals surface area contributed by atoms with Gasteiger partial charge in [0.15, 0.2) is 5.11 Å². The molecular formula is C12H13N3OS. The van der Waals surface area contributed by atoms with Gasteiger partial charge in [-0.3, -0.25) is 4.98 Å². The maximum absolute atomic E-state index is 5.19. The monoisotopic (exact) mass is 247 g/mol. The second-order valence-electron chi connectivity index (χ2n) is 3.48. The minimum atomic E-state index is 0.589. The van der Waals surface area contributed by atoms with Gasteiger partial charge in [-0.15, -0.1) is 0 Å². The minimum Gasteiger partial charge on any atom is -0.467 e. The van der Waals surface area contributed by atoms with E-state index in [2.05, 4.69) is 15.6 Å². The first-order valence-corrected chi connectivity index (χ1v) is 5.68. The first kappa shape index (κ1) is 11.6. The third-order valence-corrected chi connectivity index (χ3v) is 2.47. The Balaban J connectivity index is 1.71. The van der Waals surface area contributed by atoms with E-state index < -0.39 is 0 Å². The van der Waals surface area contributed by atoms with Gasteiger partial charge < -0.3 is 15.1 Å². The summed E-state index contributed by atoms with van der Waals surface area (Å²) in [6.45, 7) is 1.25. The van der Waals surface area contributed by atoms with Crippen molar-refractivity contribution in [2.24, 2.45) is 0 Å². The van der Waals surface area contributed by atoms with E-state index in [1.165, 1.54) is 0 Å². The molecule has 0 fully saturated rings. The molecule has 88 valence electrons. The molecule has 5 heteroatoms. The summed E-state index contributed by atoms with van der Waals surface area (Å²) in [7, 11) is 0. The second kappa shape index (κ2) is 6.00. The lowest BCUT2D eigenvalue weighted by Crippen LogP contribution is -2.34. The lowest BCUT2D eigenvalue weighted by molar-refractivity contribution is 0.502. The maximum Gasteiger partial charge on any atom is 0.166 e. The summed E-state index contributed by atoms with van der Waals surface area (Å²) in [5.74, 6) is 0.857. The third-order valence-electron chi connectivity index (χ3n) is 2.18. The predicted octanol–water partition coefficient (Wildman–Crippen LogP) is 1.84. The highest BCUT2D eigenvalue weighted by atomic mass is 32.1. The van der Waals surface area contributed by atoms with Crippen molar-refractivity contribution in [2.75, 3.05) is 0 Å². The van der Waals surface area contributed by atoms with Gasteiger partial charge in [0.05, 0.1) is 12.8 Å². The molecule has 0 radical (unpaired) electrons. The molecule has 2 aromatic rings. The number of hydrogen-bond donors (Lipinski definition) is 2. The van der Waals surface area contributed by atoms with Crippen LogP contribution in [0, 0.1) is 0 Å². The standard InChI is InChI=1S/C12H13N3OS/c17-12(15-9-11-4-2-6-16-11)14-8-10-3-1-5-13-7-10/h1-7H,8-9H2,(H2,14,15,17). The van der Waals surface area contributed by atoms with Crippen LogP contribution in [-0.2, 0) is 13.1 Å². The highest BCUT2D eigenvalue weighted by Crippen LogP contribution is 1.98. The molecule has 0 saturated heterocycles. The van der Waals surface area contributed by atoms with Crippen LogP contribution in [0.15, 0.2) is 47.3 Å². The van der Waals surface area contributed by atoms with Crippen molar-refractivity contribution >= 4 is 17.3 Å². The zero-order chi connectivity index (χ0) is 11.9. The van der Waals surface area contributed by atoms with E-state index >= 15 is 0 Å². The van der Waals surface area contributed by atoms with Gasteiger partial charge in [0, 0.05) is 18.9 Å². The van der Waals surface area contributed by atoms with Crippen LogP contribution in [0.4, 0.5) is 0 Å². The topological polar surface area (TPSA) is 50.1 Å². The Morgan fingerprint density at radius 1 is 1.24 bits per heavy atom. The molecule has 0 aromatic carbocycles. The SMILES string of the molecule is S=C(NCc1cccnc1)NCc1ccco1. The molecule has 0 aliphatic rings. The van der Waals surface area contributed by atoms with E-state index in [4.69, 9.17) is 16.6 Å². The van der Waals surface area contributed by atoms with Gasteiger partial charge >= 0.3 is 0 Å². The van der Waals surface area contributed by atoms with Crippen molar-refractivity contribution in [2.45, 2.75) is 13.1 Å². The number of furan rings is 1. The fraction of sp³-hybridized carbons (Fsp3) is 0.167. The van der Waals surface area contributed by atoms with Crippen LogP contribution in [-0.4, -0.2) is 10.1 Å². The Labute approximate surface area is 105 Å². The molecule has 0 amide bonds. The lowest BCUT2D eigenvalue weighted by Gasteiger charge is -2.08. The van der Waals surface area contributed by atoms with E-state index in [1.807, 2.05) is 30.5 Å². The predicted molar refractivity (Wildman–Crippen MR) is 69.2 cm³/mol. The first-order chi connectivity index (χ1) is 8.34. The molecule has 0 spiro atoms. The Morgan fingerprint density at radius 2 is 2.12 bits per heavy atom. The third kappa shape index (κ3) is 3.88. The highest BCUT2D eigenvalue weighted by Gasteiger charge is 1.98. The van der Waals surface area contributed by atoms with Crippen molar-refractivity contribution in [3.05, 3.63) is 54.2 Å². The fourth-order valence-electron chi connectivity index (χ4n) is 1.33. The molecule has 4 nitrogen and oxygen atoms in total. The van der Waals surface area contributed by atoms with Crippen molar-refractivity contribution < 1.29 is 4.42 Å². The largest absolute Gasteiger partial charge is 0.467 e. The van der Waals surface area contributed by atoms with Gasteiger partial charge in [-0.1, -0.05) is 6.07 Å². The summed E-state index contributed by atoms with van der Waals surface area (Å²) in [6.07, 6.45) is 5.20. The van der Waals surface area contributed by atoms with Crippen LogP contribution in [0.5, 0.6) is 0 Å². The van der Waals surface area contributed by atoms with Gasteiger partial charge in [-0.2, -0.15) is 0 Å². The normalized spacial score (nSPS) is 9.88. The molecule has 0 saturated carbocycles. The van der Waals surface area contributed by atoms with Crippen LogP contribution in [0.1, 0.15) is 11.3 Å². The number of nitrogens with one attached hydrogen (secondary N) is 2. The average molecular weight is 247 g/mol. The number of nitrogens with zero attached hydrogens (tertiary/aromatic N) is 1. The summed E-state index contributed by atoms with van der Waals surface area (Å²) in [6, 6.07) is 7.64. The summed E-state index contributed by atoms with van der Waals surface area (Å²) in [4.78, 5) is 4.03. The number of thiocarbonyl (C=S) groups is 1. The summed E-state index contributed by atoms with van der Waals surface area (Å²) >= 11 is 5.14. The Kier molecular flexibility index (Phi) is 4.10. The molecule has 0 unspecified atom stereocenters. The Bertz CT molecular complexity index is 456. The van der Waals surface area contributed by atoms with Crippen LogP contribution in [0.2, 0.25) is 0 Å². The molecule has 0 atom stereocenters. The average Bonchev–Trinajstić information content (AvgIpc) is 2.88. The van der Waals surface area contributed by atoms with Gasteiger partial charge in [0.2, 0.25) is 0 Å². The van der Waals surface area contributed by atoms with Gasteiger partial charge in [-0.25, -0.2) is 0 Å². The maximum atomic E-state index is 5.19. The molecule has 2 N–H and O–H groups in total. The zero-order valence-corrected chi connectivity index (χ0v) is 10.0. The zero-order valence-electron chi connectivity index (χ0n) is 9.22. The first-order valence-electron chi connectivity index (χ1n) is 5.27. The van der Waals surface area contributed by atoms with Gasteiger partial charge in [-0.05, 0) is 36.0 Å². The van der Waals surface area contributed by atoms with E-state index in [0.29, 0.717) is 18.2 Å². The van der Waals surface area contributed by atoms with Crippen LogP contribution in [0.3, 0.4) is 0 Å². The Morgan fingerprint density at radius 3 is 2.82 bits per heavy atom. The number of rotatable bonds is 4. The van der Waals surface area contributed by atoms with Crippen LogP contribution in [0.25, 0.3) is 0 Å². The molecule has 17 heavy (non-hydrogen) atoms. The summed E-state index contributed by atoms with van der Waals surface area (Å²) < 4.78 is 5.19. The molecule has 2 heterocycles. The Hall–Kier alpha value is -1.88. The van der Waals surface area contributed by atoms with Crippen LogP contribution >= 0.6 is 12.2 Å². The quantitative estimate of drug-likeness (QED) is 0.807. The number of aromatic nitrogens is 1. The molecule has 0 aliphatic heterocycles. The van der Waals surface area contributed by atoms with Gasteiger partial charge in [0.25, 0.3) is 0 Å². The molecule has 0 bridgehead atoms. The van der Waals surface area contributed by atoms with E-state index in [1.54, 1.807) is 12.5 Å². The highest BCUT2D eigenvalue weighted by molar-refractivity contribution is 7.80. The summed E-state index contributed by atoms with van der Waals surface area (Å²) in [5, 5.41) is 6.76. The number of hydrogen-bond acceptors (Lipinski definition) is 3. The molecule has 0 aliphatic carbocycles. The van der Waals surface area contributed by atoms with Crippen molar-refractivity contribution in [1.82, 2.24) is 15.6 Å². The fourth-order valence-corrected chi connectivity index (χ4v) is 1.47. The number of pyridine rings is 1. The van der Waals surface area contributed by atoms with Crippen molar-refractivity contribution in [3.8, 4) is 0 Å². The molecule has 2 rings (SSSR count). The van der Waals surface area contributed by atoms with E-state index in [0.717, 1.165) is 11.3 Å².